The van der Waals surface area contributed by atoms with Crippen LogP contribution in [-0.2, 0) is 0 Å². The summed E-state index contributed by atoms with van der Waals surface area (Å²) in [5, 5.41) is 11.6. The van der Waals surface area contributed by atoms with E-state index in [1.165, 1.54) is 0 Å². The number of carbonyl (C=O) groups is 2. The first-order valence-electron chi connectivity index (χ1n) is 7.24. The standard InChI is InChI=1S/C15H22N4O2/c1-10(2)17-15(21)19-12-5-3-4-11(8-12)14(20)18-13-6-7-16-9-13/h3-5,8,10,13,16H,6-7,9H2,1-2H3,(H,18,20)(H2,17,19,21). The van der Waals surface area contributed by atoms with Gasteiger partial charge in [-0.2, -0.15) is 0 Å². The molecule has 0 aliphatic carbocycles. The Morgan fingerprint density at radius 2 is 2.14 bits per heavy atom. The molecule has 4 N–H and O–H groups in total. The van der Waals surface area contributed by atoms with Crippen molar-refractivity contribution in [1.29, 1.82) is 0 Å². The predicted octanol–water partition coefficient (Wildman–Crippen LogP) is 1.31. The maximum Gasteiger partial charge on any atom is 0.319 e. The summed E-state index contributed by atoms with van der Waals surface area (Å²) in [6.45, 7) is 5.51. The molecule has 6 heteroatoms. The summed E-state index contributed by atoms with van der Waals surface area (Å²) >= 11 is 0. The number of urea groups is 1. The molecule has 21 heavy (non-hydrogen) atoms. The highest BCUT2D eigenvalue weighted by molar-refractivity contribution is 5.97. The summed E-state index contributed by atoms with van der Waals surface area (Å²) in [5.74, 6) is -0.114. The Balaban J connectivity index is 1.96. The molecule has 114 valence electrons. The molecule has 1 heterocycles. The third-order valence-electron chi connectivity index (χ3n) is 3.20. The molecule has 0 spiro atoms. The van der Waals surface area contributed by atoms with Crippen molar-refractivity contribution >= 4 is 17.6 Å². The van der Waals surface area contributed by atoms with Gasteiger partial charge in [-0.15, -0.1) is 0 Å². The van der Waals surface area contributed by atoms with Gasteiger partial charge in [0.1, 0.15) is 0 Å². The van der Waals surface area contributed by atoms with Gasteiger partial charge in [0.05, 0.1) is 0 Å². The summed E-state index contributed by atoms with van der Waals surface area (Å²) in [5.41, 5.74) is 1.15. The fraction of sp³-hybridized carbons (Fsp3) is 0.467. The van der Waals surface area contributed by atoms with E-state index in [2.05, 4.69) is 21.3 Å². The van der Waals surface area contributed by atoms with Gasteiger partial charge in [0, 0.05) is 29.9 Å². The third-order valence-corrected chi connectivity index (χ3v) is 3.20. The maximum atomic E-state index is 12.1. The van der Waals surface area contributed by atoms with Gasteiger partial charge in [-0.3, -0.25) is 4.79 Å². The van der Waals surface area contributed by atoms with E-state index >= 15 is 0 Å². The van der Waals surface area contributed by atoms with Gasteiger partial charge >= 0.3 is 6.03 Å². The van der Waals surface area contributed by atoms with Crippen molar-refractivity contribution in [3.05, 3.63) is 29.8 Å². The largest absolute Gasteiger partial charge is 0.348 e. The minimum absolute atomic E-state index is 0.0614. The molecule has 2 rings (SSSR count). The first-order valence-corrected chi connectivity index (χ1v) is 7.24. The van der Waals surface area contributed by atoms with Crippen molar-refractivity contribution in [1.82, 2.24) is 16.0 Å². The molecule has 1 saturated heterocycles. The van der Waals surface area contributed by atoms with Gasteiger partial charge in [-0.05, 0) is 45.0 Å². The van der Waals surface area contributed by atoms with E-state index < -0.39 is 0 Å². The highest BCUT2D eigenvalue weighted by Crippen LogP contribution is 2.11. The fourth-order valence-electron chi connectivity index (χ4n) is 2.21. The number of carbonyl (C=O) groups excluding carboxylic acids is 2. The van der Waals surface area contributed by atoms with E-state index in [9.17, 15) is 9.59 Å². The van der Waals surface area contributed by atoms with E-state index in [0.29, 0.717) is 11.3 Å². The van der Waals surface area contributed by atoms with Gasteiger partial charge in [0.25, 0.3) is 5.91 Å². The molecule has 1 fully saturated rings. The molecule has 1 atom stereocenters. The summed E-state index contributed by atoms with van der Waals surface area (Å²) in [4.78, 5) is 23.8. The van der Waals surface area contributed by atoms with Crippen LogP contribution < -0.4 is 21.3 Å². The molecule has 0 aromatic heterocycles. The fourth-order valence-corrected chi connectivity index (χ4v) is 2.21. The van der Waals surface area contributed by atoms with Gasteiger partial charge < -0.3 is 21.3 Å². The molecular formula is C15H22N4O2. The zero-order valence-corrected chi connectivity index (χ0v) is 12.4. The van der Waals surface area contributed by atoms with E-state index in [1.807, 2.05) is 13.8 Å². The highest BCUT2D eigenvalue weighted by Gasteiger charge is 2.17. The van der Waals surface area contributed by atoms with Crippen LogP contribution in [0.4, 0.5) is 10.5 Å². The number of nitrogens with one attached hydrogen (secondary N) is 4. The number of anilines is 1. The molecule has 3 amide bonds. The lowest BCUT2D eigenvalue weighted by atomic mass is 10.1. The smallest absolute Gasteiger partial charge is 0.319 e. The Labute approximate surface area is 124 Å². The van der Waals surface area contributed by atoms with Crippen LogP contribution in [0, 0.1) is 0 Å². The van der Waals surface area contributed by atoms with Crippen molar-refractivity contribution < 1.29 is 9.59 Å². The minimum Gasteiger partial charge on any atom is -0.348 e. The molecular weight excluding hydrogens is 268 g/mol. The minimum atomic E-state index is -0.275. The lowest BCUT2D eigenvalue weighted by Gasteiger charge is -2.13. The number of hydrogen-bond acceptors (Lipinski definition) is 3. The quantitative estimate of drug-likeness (QED) is 0.675. The van der Waals surface area contributed by atoms with Crippen LogP contribution in [0.2, 0.25) is 0 Å². The summed E-state index contributed by atoms with van der Waals surface area (Å²) in [6, 6.07) is 6.90. The van der Waals surface area contributed by atoms with Crippen LogP contribution in [0.1, 0.15) is 30.6 Å². The predicted molar refractivity (Wildman–Crippen MR) is 82.5 cm³/mol. The second-order valence-electron chi connectivity index (χ2n) is 5.50. The Morgan fingerprint density at radius 3 is 2.81 bits per heavy atom. The normalized spacial score (nSPS) is 17.6. The van der Waals surface area contributed by atoms with Crippen LogP contribution in [-0.4, -0.2) is 37.1 Å². The second-order valence-corrected chi connectivity index (χ2v) is 5.50. The summed E-state index contributed by atoms with van der Waals surface area (Å²) in [6.07, 6.45) is 0.945. The molecule has 6 nitrogen and oxygen atoms in total. The van der Waals surface area contributed by atoms with Gasteiger partial charge in [0.2, 0.25) is 0 Å². The summed E-state index contributed by atoms with van der Waals surface area (Å²) in [7, 11) is 0. The average molecular weight is 290 g/mol. The van der Waals surface area contributed by atoms with E-state index in [4.69, 9.17) is 0 Å². The van der Waals surface area contributed by atoms with Crippen LogP contribution in [0.25, 0.3) is 0 Å². The van der Waals surface area contributed by atoms with Crippen molar-refractivity contribution in [3.63, 3.8) is 0 Å². The Morgan fingerprint density at radius 1 is 1.33 bits per heavy atom. The lowest BCUT2D eigenvalue weighted by Crippen LogP contribution is -2.36. The Hall–Kier alpha value is -2.08. The lowest BCUT2D eigenvalue weighted by molar-refractivity contribution is 0.0940. The van der Waals surface area contributed by atoms with Crippen molar-refractivity contribution in [2.75, 3.05) is 18.4 Å². The molecule has 0 bridgehead atoms. The summed E-state index contributed by atoms with van der Waals surface area (Å²) < 4.78 is 0. The number of amides is 3. The van der Waals surface area contributed by atoms with Crippen molar-refractivity contribution in [3.8, 4) is 0 Å². The van der Waals surface area contributed by atoms with Crippen LogP contribution in [0.5, 0.6) is 0 Å². The Kier molecular flexibility index (Phi) is 5.16. The van der Waals surface area contributed by atoms with Gasteiger partial charge in [-0.25, -0.2) is 4.79 Å². The molecule has 1 aromatic rings. The van der Waals surface area contributed by atoms with E-state index in [-0.39, 0.29) is 24.0 Å². The maximum absolute atomic E-state index is 12.1. The second kappa shape index (κ2) is 7.08. The van der Waals surface area contributed by atoms with Gasteiger partial charge in [0.15, 0.2) is 0 Å². The molecule has 0 saturated carbocycles. The molecule has 0 radical (unpaired) electrons. The number of rotatable bonds is 4. The molecule has 1 aliphatic rings. The van der Waals surface area contributed by atoms with Crippen molar-refractivity contribution in [2.24, 2.45) is 0 Å². The number of hydrogen-bond donors (Lipinski definition) is 4. The monoisotopic (exact) mass is 290 g/mol. The van der Waals surface area contributed by atoms with E-state index in [0.717, 1.165) is 19.5 Å². The zero-order chi connectivity index (χ0) is 15.2. The highest BCUT2D eigenvalue weighted by atomic mass is 16.2. The third kappa shape index (κ3) is 4.75. The first kappa shape index (κ1) is 15.3. The molecule has 1 aromatic carbocycles. The van der Waals surface area contributed by atoms with E-state index in [1.54, 1.807) is 24.3 Å². The van der Waals surface area contributed by atoms with Crippen LogP contribution >= 0.6 is 0 Å². The molecule has 1 unspecified atom stereocenters. The molecule has 1 aliphatic heterocycles. The topological polar surface area (TPSA) is 82.3 Å². The van der Waals surface area contributed by atoms with Crippen LogP contribution in [0.3, 0.4) is 0 Å². The van der Waals surface area contributed by atoms with Crippen LogP contribution in [0.15, 0.2) is 24.3 Å². The van der Waals surface area contributed by atoms with Gasteiger partial charge in [-0.1, -0.05) is 6.07 Å². The number of benzene rings is 1. The SMILES string of the molecule is CC(C)NC(=O)Nc1cccc(C(=O)NC2CCNC2)c1. The average Bonchev–Trinajstić information content (AvgIpc) is 2.90. The zero-order valence-electron chi connectivity index (χ0n) is 12.4. The van der Waals surface area contributed by atoms with Crippen molar-refractivity contribution in [2.45, 2.75) is 32.4 Å². The Bertz CT molecular complexity index is 510. The first-order chi connectivity index (χ1) is 10.0.